The maximum absolute atomic E-state index is 13.1. The van der Waals surface area contributed by atoms with E-state index in [1.807, 2.05) is 0 Å². The second kappa shape index (κ2) is 7.48. The summed E-state index contributed by atoms with van der Waals surface area (Å²) in [5, 5.41) is 11.2. The maximum Gasteiger partial charge on any atom is 0.436 e. The van der Waals surface area contributed by atoms with Gasteiger partial charge in [-0.2, -0.15) is 18.3 Å². The molecule has 1 amide bonds. The topological polar surface area (TPSA) is 107 Å². The molecule has 0 bridgehead atoms. The molecule has 0 saturated heterocycles. The number of rotatable bonds is 6. The van der Waals surface area contributed by atoms with E-state index in [0.29, 0.717) is 11.3 Å². The highest BCUT2D eigenvalue weighted by Crippen LogP contribution is 2.46. The van der Waals surface area contributed by atoms with Crippen LogP contribution in [-0.4, -0.2) is 24.1 Å². The predicted octanol–water partition coefficient (Wildman–Crippen LogP) is 2.51. The number of benzene rings is 1. The zero-order valence-corrected chi connectivity index (χ0v) is 16.7. The highest BCUT2D eigenvalue weighted by molar-refractivity contribution is 9.10. The molecule has 0 atom stereocenters. The van der Waals surface area contributed by atoms with Gasteiger partial charge in [0.15, 0.2) is 5.69 Å². The van der Waals surface area contributed by atoms with Crippen molar-refractivity contribution in [1.29, 1.82) is 0 Å². The zero-order chi connectivity index (χ0) is 20.7. The summed E-state index contributed by atoms with van der Waals surface area (Å²) in [7, 11) is -3.81. The fourth-order valence-corrected chi connectivity index (χ4v) is 4.04. The Morgan fingerprint density at radius 1 is 1.29 bits per heavy atom. The summed E-state index contributed by atoms with van der Waals surface area (Å²) in [5.41, 5.74) is -0.0541. The minimum atomic E-state index is -4.62. The molecule has 1 heterocycles. The fourth-order valence-electron chi connectivity index (χ4n) is 2.69. The minimum Gasteiger partial charge on any atom is -0.350 e. The van der Waals surface area contributed by atoms with Gasteiger partial charge in [-0.15, -0.1) is 0 Å². The van der Waals surface area contributed by atoms with Crippen LogP contribution in [0.2, 0.25) is 0 Å². The zero-order valence-electron chi connectivity index (χ0n) is 14.3. The van der Waals surface area contributed by atoms with Crippen molar-refractivity contribution in [2.75, 3.05) is 0 Å². The average molecular weight is 481 g/mol. The van der Waals surface area contributed by atoms with Crippen LogP contribution in [0.15, 0.2) is 33.6 Å². The van der Waals surface area contributed by atoms with Gasteiger partial charge in [0.25, 0.3) is 0 Å². The van der Waals surface area contributed by atoms with Crippen LogP contribution in [0, 0.1) is 0 Å². The molecular formula is C16H16BrF3N4O3S. The lowest BCUT2D eigenvalue weighted by atomic mass is 10.2. The van der Waals surface area contributed by atoms with E-state index in [0.717, 1.165) is 17.5 Å². The Kier molecular flexibility index (Phi) is 5.56. The number of hydrogen-bond donors (Lipinski definition) is 2. The third-order valence-electron chi connectivity index (χ3n) is 4.20. The van der Waals surface area contributed by atoms with Gasteiger partial charge in [0.1, 0.15) is 6.54 Å². The Bertz CT molecular complexity index is 999. The smallest absolute Gasteiger partial charge is 0.350 e. The molecule has 0 spiro atoms. The second-order valence-electron chi connectivity index (χ2n) is 6.44. The van der Waals surface area contributed by atoms with Crippen LogP contribution in [0.25, 0.3) is 0 Å². The van der Waals surface area contributed by atoms with Crippen LogP contribution in [-0.2, 0) is 34.1 Å². The molecule has 1 saturated carbocycles. The van der Waals surface area contributed by atoms with Crippen LogP contribution >= 0.6 is 15.9 Å². The Labute approximate surface area is 167 Å². The van der Waals surface area contributed by atoms with Crippen LogP contribution < -0.4 is 10.5 Å². The van der Waals surface area contributed by atoms with Crippen molar-refractivity contribution in [3.63, 3.8) is 0 Å². The van der Waals surface area contributed by atoms with Gasteiger partial charge in [0.05, 0.1) is 15.1 Å². The first-order chi connectivity index (χ1) is 13.0. The van der Waals surface area contributed by atoms with E-state index in [4.69, 9.17) is 5.14 Å². The summed E-state index contributed by atoms with van der Waals surface area (Å²) in [6, 6.07) is 5.59. The van der Waals surface area contributed by atoms with Crippen molar-refractivity contribution in [2.24, 2.45) is 5.14 Å². The van der Waals surface area contributed by atoms with E-state index < -0.39 is 27.8 Å². The molecule has 12 heteroatoms. The first-order valence-electron chi connectivity index (χ1n) is 8.18. The molecule has 1 aromatic heterocycles. The number of alkyl halides is 3. The van der Waals surface area contributed by atoms with Gasteiger partial charge in [0, 0.05) is 12.5 Å². The molecule has 3 rings (SSSR count). The number of amides is 1. The Balaban J connectivity index is 1.68. The summed E-state index contributed by atoms with van der Waals surface area (Å²) < 4.78 is 62.7. The number of nitrogens with two attached hydrogens (primary N) is 1. The number of aromatic nitrogens is 2. The van der Waals surface area contributed by atoms with Crippen molar-refractivity contribution >= 4 is 31.9 Å². The van der Waals surface area contributed by atoms with Gasteiger partial charge in [-0.25, -0.2) is 13.6 Å². The molecule has 1 fully saturated rings. The van der Waals surface area contributed by atoms with Crippen molar-refractivity contribution in [3.05, 3.63) is 45.7 Å². The van der Waals surface area contributed by atoms with Gasteiger partial charge < -0.3 is 5.32 Å². The first-order valence-corrected chi connectivity index (χ1v) is 10.5. The molecule has 152 valence electrons. The maximum atomic E-state index is 13.1. The number of sulfonamides is 1. The number of nitrogens with one attached hydrogen (secondary N) is 1. The number of halogens is 4. The highest BCUT2D eigenvalue weighted by atomic mass is 79.9. The third-order valence-corrected chi connectivity index (χ3v) is 5.91. The molecule has 1 aliphatic rings. The van der Waals surface area contributed by atoms with Crippen molar-refractivity contribution in [1.82, 2.24) is 15.1 Å². The number of carbonyl (C=O) groups is 1. The van der Waals surface area contributed by atoms with E-state index in [2.05, 4.69) is 26.3 Å². The molecule has 7 nitrogen and oxygen atoms in total. The number of carbonyl (C=O) groups excluding carboxylic acids is 1. The monoisotopic (exact) mass is 480 g/mol. The van der Waals surface area contributed by atoms with Gasteiger partial charge in [-0.1, -0.05) is 12.1 Å². The molecule has 2 aromatic rings. The third kappa shape index (κ3) is 4.73. The van der Waals surface area contributed by atoms with Gasteiger partial charge in [-0.05, 0) is 46.5 Å². The van der Waals surface area contributed by atoms with E-state index in [-0.39, 0.29) is 28.4 Å². The fraction of sp³-hybridized carbons (Fsp3) is 0.375. The summed E-state index contributed by atoms with van der Waals surface area (Å²) in [4.78, 5) is 12.1. The molecule has 3 N–H and O–H groups in total. The molecule has 1 aliphatic carbocycles. The standard InChI is InChI=1S/C16H16BrF3N4O3S/c17-13-14(10-3-4-10)24(23-15(13)16(18,19)20)8-12(25)22-7-9-1-5-11(6-2-9)28(21,26)27/h1-2,5-6,10H,3-4,7-8H2,(H,22,25)(H2,21,26,27). The van der Waals surface area contributed by atoms with Crippen LogP contribution in [0.5, 0.6) is 0 Å². The molecule has 0 radical (unpaired) electrons. The van der Waals surface area contributed by atoms with E-state index in [9.17, 15) is 26.4 Å². The lowest BCUT2D eigenvalue weighted by Crippen LogP contribution is -2.28. The lowest BCUT2D eigenvalue weighted by molar-refractivity contribution is -0.142. The second-order valence-corrected chi connectivity index (χ2v) is 8.80. The van der Waals surface area contributed by atoms with Crippen LogP contribution in [0.3, 0.4) is 0 Å². The van der Waals surface area contributed by atoms with Crippen LogP contribution in [0.1, 0.15) is 35.7 Å². The lowest BCUT2D eigenvalue weighted by Gasteiger charge is -2.09. The van der Waals surface area contributed by atoms with Gasteiger partial charge in [-0.3, -0.25) is 9.48 Å². The first kappa shape index (κ1) is 20.8. The number of nitrogens with zero attached hydrogens (tertiary/aromatic N) is 2. The predicted molar refractivity (Wildman–Crippen MR) is 96.6 cm³/mol. The van der Waals surface area contributed by atoms with E-state index in [1.54, 1.807) is 0 Å². The Hall–Kier alpha value is -1.92. The Morgan fingerprint density at radius 2 is 1.89 bits per heavy atom. The van der Waals surface area contributed by atoms with E-state index >= 15 is 0 Å². The number of primary sulfonamides is 1. The van der Waals surface area contributed by atoms with Crippen LogP contribution in [0.4, 0.5) is 13.2 Å². The summed E-state index contributed by atoms with van der Waals surface area (Å²) >= 11 is 2.97. The average Bonchev–Trinajstić information content (AvgIpc) is 3.36. The quantitative estimate of drug-likeness (QED) is 0.661. The highest BCUT2D eigenvalue weighted by Gasteiger charge is 2.41. The molecule has 1 aromatic carbocycles. The van der Waals surface area contributed by atoms with Gasteiger partial charge >= 0.3 is 6.18 Å². The minimum absolute atomic E-state index is 0.0449. The Morgan fingerprint density at radius 3 is 2.39 bits per heavy atom. The summed E-state index contributed by atoms with van der Waals surface area (Å²) in [6.07, 6.45) is -3.12. The SMILES string of the molecule is NS(=O)(=O)c1ccc(CNC(=O)Cn2nc(C(F)(F)F)c(Br)c2C2CC2)cc1. The molecule has 0 aliphatic heterocycles. The summed E-state index contributed by atoms with van der Waals surface area (Å²) in [6.45, 7) is -0.271. The van der Waals surface area contributed by atoms with Crippen molar-refractivity contribution in [3.8, 4) is 0 Å². The normalized spacial score (nSPS) is 14.9. The molecule has 0 unspecified atom stereocenters. The molecular weight excluding hydrogens is 465 g/mol. The van der Waals surface area contributed by atoms with E-state index in [1.165, 1.54) is 24.3 Å². The van der Waals surface area contributed by atoms with Gasteiger partial charge in [0.2, 0.25) is 15.9 Å². The molecule has 28 heavy (non-hydrogen) atoms. The number of hydrogen-bond acceptors (Lipinski definition) is 4. The largest absolute Gasteiger partial charge is 0.436 e. The summed E-state index contributed by atoms with van der Waals surface area (Å²) in [5.74, 6) is -0.558. The van der Waals surface area contributed by atoms with Crippen molar-refractivity contribution in [2.45, 2.75) is 42.9 Å². The van der Waals surface area contributed by atoms with Crippen molar-refractivity contribution < 1.29 is 26.4 Å².